The number of allylic oxidation sites excluding steroid dienone is 4. The molecule has 0 unspecified atom stereocenters. The number of unbranched alkanes of at least 4 members (excludes halogenated alkanes) is 7. The van der Waals surface area contributed by atoms with Gasteiger partial charge in [-0.3, -0.25) is 4.79 Å². The van der Waals surface area contributed by atoms with Crippen LogP contribution >= 0.6 is 0 Å². The van der Waals surface area contributed by atoms with E-state index in [1.165, 1.54) is 32.1 Å². The molecular formula is C16H28O2. The molecule has 0 aliphatic carbocycles. The first kappa shape index (κ1) is 16.9. The van der Waals surface area contributed by atoms with E-state index >= 15 is 0 Å². The van der Waals surface area contributed by atoms with Crippen molar-refractivity contribution in [3.63, 3.8) is 0 Å². The highest BCUT2D eigenvalue weighted by Gasteiger charge is 1.95. The molecule has 0 heterocycles. The highest BCUT2D eigenvalue weighted by molar-refractivity contribution is 5.66. The zero-order valence-corrected chi connectivity index (χ0v) is 11.7. The first-order valence-electron chi connectivity index (χ1n) is 7.30. The van der Waals surface area contributed by atoms with Crippen molar-refractivity contribution in [2.24, 2.45) is 0 Å². The molecule has 0 aliphatic heterocycles. The van der Waals surface area contributed by atoms with E-state index in [2.05, 4.69) is 31.2 Å². The maximum absolute atomic E-state index is 10.3. The van der Waals surface area contributed by atoms with E-state index in [1.54, 1.807) is 0 Å². The number of rotatable bonds is 12. The van der Waals surface area contributed by atoms with E-state index in [9.17, 15) is 4.79 Å². The van der Waals surface area contributed by atoms with Crippen LogP contribution in [0.3, 0.4) is 0 Å². The molecular weight excluding hydrogens is 224 g/mol. The van der Waals surface area contributed by atoms with Gasteiger partial charge in [0.25, 0.3) is 0 Å². The van der Waals surface area contributed by atoms with Crippen LogP contribution in [0, 0.1) is 0 Å². The first-order valence-corrected chi connectivity index (χ1v) is 7.30. The van der Waals surface area contributed by atoms with Gasteiger partial charge in [0, 0.05) is 6.42 Å². The third-order valence-electron chi connectivity index (χ3n) is 2.87. The Kier molecular flexibility index (Phi) is 13.2. The normalized spacial score (nSPS) is 11.6. The minimum atomic E-state index is -0.673. The third-order valence-corrected chi connectivity index (χ3v) is 2.87. The summed E-state index contributed by atoms with van der Waals surface area (Å²) in [6, 6.07) is 0. The summed E-state index contributed by atoms with van der Waals surface area (Å²) in [4.78, 5) is 10.3. The van der Waals surface area contributed by atoms with Crippen molar-refractivity contribution >= 4 is 5.97 Å². The Labute approximate surface area is 112 Å². The minimum absolute atomic E-state index is 0.322. The molecule has 0 rings (SSSR count). The van der Waals surface area contributed by atoms with Gasteiger partial charge >= 0.3 is 5.97 Å². The van der Waals surface area contributed by atoms with Crippen LogP contribution < -0.4 is 0 Å². The lowest BCUT2D eigenvalue weighted by molar-refractivity contribution is -0.137. The predicted molar refractivity (Wildman–Crippen MR) is 77.8 cm³/mol. The molecule has 0 aliphatic rings. The highest BCUT2D eigenvalue weighted by Crippen LogP contribution is 2.07. The highest BCUT2D eigenvalue weighted by atomic mass is 16.4. The van der Waals surface area contributed by atoms with Crippen molar-refractivity contribution in [1.29, 1.82) is 0 Å². The Morgan fingerprint density at radius 2 is 1.44 bits per heavy atom. The Morgan fingerprint density at radius 1 is 0.889 bits per heavy atom. The van der Waals surface area contributed by atoms with Crippen LogP contribution in [-0.4, -0.2) is 11.1 Å². The number of carboxylic acids is 1. The van der Waals surface area contributed by atoms with Crippen LogP contribution in [0.25, 0.3) is 0 Å². The van der Waals surface area contributed by atoms with E-state index in [-0.39, 0.29) is 0 Å². The predicted octanol–water partition coefficient (Wildman–Crippen LogP) is 5.10. The van der Waals surface area contributed by atoms with E-state index in [1.807, 2.05) is 0 Å². The summed E-state index contributed by atoms with van der Waals surface area (Å²) in [7, 11) is 0. The monoisotopic (exact) mass is 252 g/mol. The molecule has 104 valence electrons. The van der Waals surface area contributed by atoms with Gasteiger partial charge in [0.1, 0.15) is 0 Å². The summed E-state index contributed by atoms with van der Waals surface area (Å²) in [5.41, 5.74) is 0. The second kappa shape index (κ2) is 14.0. The smallest absolute Gasteiger partial charge is 0.303 e. The fraction of sp³-hybridized carbons (Fsp3) is 0.688. The van der Waals surface area contributed by atoms with Crippen LogP contribution in [0.1, 0.15) is 71.1 Å². The number of carboxylic acid groups (broad SMARTS) is 1. The molecule has 0 aromatic heterocycles. The van der Waals surface area contributed by atoms with Crippen molar-refractivity contribution in [2.75, 3.05) is 0 Å². The molecule has 0 fully saturated rings. The fourth-order valence-corrected chi connectivity index (χ4v) is 1.74. The van der Waals surface area contributed by atoms with Gasteiger partial charge in [-0.05, 0) is 25.7 Å². The molecule has 0 saturated carbocycles. The van der Waals surface area contributed by atoms with Gasteiger partial charge < -0.3 is 5.11 Å². The van der Waals surface area contributed by atoms with Gasteiger partial charge in [-0.25, -0.2) is 0 Å². The second-order valence-electron chi connectivity index (χ2n) is 4.70. The molecule has 0 aromatic carbocycles. The quantitative estimate of drug-likeness (QED) is 0.387. The van der Waals surface area contributed by atoms with E-state index in [0.29, 0.717) is 6.42 Å². The largest absolute Gasteiger partial charge is 0.481 e. The summed E-state index contributed by atoms with van der Waals surface area (Å²) in [5.74, 6) is -0.673. The molecule has 2 nitrogen and oxygen atoms in total. The van der Waals surface area contributed by atoms with Gasteiger partial charge in [0.2, 0.25) is 0 Å². The maximum atomic E-state index is 10.3. The summed E-state index contributed by atoms with van der Waals surface area (Å²) in [6.07, 6.45) is 19.4. The minimum Gasteiger partial charge on any atom is -0.481 e. The summed E-state index contributed by atoms with van der Waals surface area (Å²) < 4.78 is 0. The molecule has 0 aromatic rings. The molecule has 0 atom stereocenters. The second-order valence-corrected chi connectivity index (χ2v) is 4.70. The molecule has 18 heavy (non-hydrogen) atoms. The topological polar surface area (TPSA) is 37.3 Å². The van der Waals surface area contributed by atoms with E-state index < -0.39 is 5.97 Å². The van der Waals surface area contributed by atoms with Gasteiger partial charge in [0.05, 0.1) is 0 Å². The summed E-state index contributed by atoms with van der Waals surface area (Å²) >= 11 is 0. The number of hydrogen-bond donors (Lipinski definition) is 1. The van der Waals surface area contributed by atoms with Gasteiger partial charge in [-0.15, -0.1) is 0 Å². The van der Waals surface area contributed by atoms with Gasteiger partial charge in [-0.1, -0.05) is 63.3 Å². The maximum Gasteiger partial charge on any atom is 0.303 e. The van der Waals surface area contributed by atoms with Crippen LogP contribution in [0.4, 0.5) is 0 Å². The fourth-order valence-electron chi connectivity index (χ4n) is 1.74. The van der Waals surface area contributed by atoms with Gasteiger partial charge in [-0.2, -0.15) is 0 Å². The summed E-state index contributed by atoms with van der Waals surface area (Å²) in [6.45, 7) is 2.21. The average molecular weight is 252 g/mol. The van der Waals surface area contributed by atoms with Crippen LogP contribution in [0.15, 0.2) is 24.3 Å². The van der Waals surface area contributed by atoms with Crippen molar-refractivity contribution in [2.45, 2.75) is 71.1 Å². The number of aliphatic carboxylic acids is 1. The SMILES string of the molecule is CCCC/C=C/C=C/CCCCCCCC(=O)O. The first-order chi connectivity index (χ1) is 8.77. The summed E-state index contributed by atoms with van der Waals surface area (Å²) in [5, 5.41) is 8.48. The molecule has 0 radical (unpaired) electrons. The Balaban J connectivity index is 3.17. The zero-order chi connectivity index (χ0) is 13.5. The lowest BCUT2D eigenvalue weighted by Gasteiger charge is -1.97. The van der Waals surface area contributed by atoms with E-state index in [4.69, 9.17) is 5.11 Å². The molecule has 2 heteroatoms. The number of hydrogen-bond acceptors (Lipinski definition) is 1. The number of carbonyl (C=O) groups is 1. The molecule has 0 spiro atoms. The van der Waals surface area contributed by atoms with Crippen molar-refractivity contribution in [3.8, 4) is 0 Å². The zero-order valence-electron chi connectivity index (χ0n) is 11.7. The standard InChI is InChI=1S/C16H28O2/c1-2-3-4-5-6-7-8-9-10-11-12-13-14-15-16(17)18/h5-8H,2-4,9-15H2,1H3,(H,17,18)/b6-5+,8-7+. The van der Waals surface area contributed by atoms with Crippen molar-refractivity contribution in [1.82, 2.24) is 0 Å². The molecule has 0 amide bonds. The van der Waals surface area contributed by atoms with Crippen LogP contribution in [-0.2, 0) is 4.79 Å². The van der Waals surface area contributed by atoms with Crippen molar-refractivity contribution < 1.29 is 9.90 Å². The lowest BCUT2D eigenvalue weighted by atomic mass is 10.1. The van der Waals surface area contributed by atoms with Gasteiger partial charge in [0.15, 0.2) is 0 Å². The molecule has 0 bridgehead atoms. The van der Waals surface area contributed by atoms with E-state index in [0.717, 1.165) is 25.7 Å². The molecule has 0 saturated heterocycles. The van der Waals surface area contributed by atoms with Crippen molar-refractivity contribution in [3.05, 3.63) is 24.3 Å². The average Bonchev–Trinajstić information content (AvgIpc) is 2.34. The lowest BCUT2D eigenvalue weighted by Crippen LogP contribution is -1.93. The molecule has 1 N–H and O–H groups in total. The van der Waals surface area contributed by atoms with Crippen LogP contribution in [0.5, 0.6) is 0 Å². The third kappa shape index (κ3) is 14.9. The Morgan fingerprint density at radius 3 is 2.06 bits per heavy atom. The van der Waals surface area contributed by atoms with Crippen LogP contribution in [0.2, 0.25) is 0 Å². The Bertz CT molecular complexity index is 241. The Hall–Kier alpha value is -1.05.